The molecule has 144 valence electrons. The molecule has 0 aliphatic carbocycles. The second-order valence-electron chi connectivity index (χ2n) is 6.22. The zero-order valence-electron chi connectivity index (χ0n) is 15.5. The Hall–Kier alpha value is -3.64. The van der Waals surface area contributed by atoms with Crippen LogP contribution in [0.5, 0.6) is 5.75 Å². The molecule has 7 heteroatoms. The van der Waals surface area contributed by atoms with Crippen LogP contribution in [-0.2, 0) is 0 Å². The summed E-state index contributed by atoms with van der Waals surface area (Å²) >= 11 is 6.17. The van der Waals surface area contributed by atoms with Gasteiger partial charge in [0.05, 0.1) is 23.4 Å². The van der Waals surface area contributed by atoms with Gasteiger partial charge in [0, 0.05) is 29.8 Å². The molecule has 0 aliphatic rings. The van der Waals surface area contributed by atoms with E-state index in [2.05, 4.69) is 15.4 Å². The second kappa shape index (κ2) is 8.16. The monoisotopic (exact) mass is 404 g/mol. The lowest BCUT2D eigenvalue weighted by Crippen LogP contribution is -2.12. The van der Waals surface area contributed by atoms with Gasteiger partial charge in [-0.05, 0) is 42.5 Å². The third-order valence-corrected chi connectivity index (χ3v) is 4.62. The van der Waals surface area contributed by atoms with Crippen molar-refractivity contribution < 1.29 is 9.53 Å². The fraction of sp³-hybridized carbons (Fsp3) is 0.0455. The van der Waals surface area contributed by atoms with Gasteiger partial charge >= 0.3 is 0 Å². The number of benzene rings is 2. The van der Waals surface area contributed by atoms with Gasteiger partial charge in [-0.1, -0.05) is 29.8 Å². The highest BCUT2D eigenvalue weighted by molar-refractivity contribution is 6.32. The van der Waals surface area contributed by atoms with Crippen molar-refractivity contribution in [1.82, 2.24) is 14.8 Å². The summed E-state index contributed by atoms with van der Waals surface area (Å²) in [6.45, 7) is 0. The van der Waals surface area contributed by atoms with Gasteiger partial charge in [0.25, 0.3) is 5.91 Å². The number of hydrogen-bond acceptors (Lipinski definition) is 4. The first-order valence-corrected chi connectivity index (χ1v) is 9.24. The van der Waals surface area contributed by atoms with E-state index in [1.54, 1.807) is 41.5 Å². The Labute approximate surface area is 172 Å². The van der Waals surface area contributed by atoms with Crippen LogP contribution in [0.4, 0.5) is 5.69 Å². The van der Waals surface area contributed by atoms with Crippen LogP contribution in [-0.4, -0.2) is 27.8 Å². The van der Waals surface area contributed by atoms with Crippen LogP contribution >= 0.6 is 11.6 Å². The maximum atomic E-state index is 13.1. The smallest absolute Gasteiger partial charge is 0.259 e. The maximum absolute atomic E-state index is 13.1. The van der Waals surface area contributed by atoms with Gasteiger partial charge in [-0.15, -0.1) is 0 Å². The summed E-state index contributed by atoms with van der Waals surface area (Å²) in [5.74, 6) is 0.241. The van der Waals surface area contributed by atoms with E-state index in [4.69, 9.17) is 16.3 Å². The number of methoxy groups -OCH3 is 1. The van der Waals surface area contributed by atoms with Crippen molar-refractivity contribution in [3.05, 3.63) is 89.8 Å². The van der Waals surface area contributed by atoms with Crippen molar-refractivity contribution in [1.29, 1.82) is 0 Å². The lowest BCUT2D eigenvalue weighted by atomic mass is 10.1. The number of ether oxygens (including phenoxy) is 1. The van der Waals surface area contributed by atoms with Crippen LogP contribution in [0.1, 0.15) is 10.4 Å². The van der Waals surface area contributed by atoms with E-state index in [0.717, 1.165) is 11.3 Å². The molecule has 0 aliphatic heterocycles. The van der Waals surface area contributed by atoms with Gasteiger partial charge in [-0.2, -0.15) is 5.10 Å². The molecule has 1 N–H and O–H groups in total. The van der Waals surface area contributed by atoms with E-state index in [1.807, 2.05) is 42.5 Å². The SMILES string of the molecule is COc1ccc(NC(=O)c2cn(-c3ccccc3)nc2-c2cccnc2)cc1Cl. The van der Waals surface area contributed by atoms with Gasteiger partial charge in [0.15, 0.2) is 0 Å². The number of nitrogens with one attached hydrogen (secondary N) is 1. The molecule has 0 saturated carbocycles. The van der Waals surface area contributed by atoms with Crippen LogP contribution in [0.15, 0.2) is 79.3 Å². The predicted octanol–water partition coefficient (Wildman–Crippen LogP) is 4.85. The molecule has 0 unspecified atom stereocenters. The van der Waals surface area contributed by atoms with E-state index >= 15 is 0 Å². The molecule has 0 fully saturated rings. The summed E-state index contributed by atoms with van der Waals surface area (Å²) in [7, 11) is 1.54. The number of carbonyl (C=O) groups is 1. The highest BCUT2D eigenvalue weighted by atomic mass is 35.5. The lowest BCUT2D eigenvalue weighted by Gasteiger charge is -2.08. The Morgan fingerprint density at radius 1 is 1.10 bits per heavy atom. The number of amides is 1. The Morgan fingerprint density at radius 2 is 1.93 bits per heavy atom. The van der Waals surface area contributed by atoms with Gasteiger partial charge in [0.2, 0.25) is 0 Å². The minimum absolute atomic E-state index is 0.299. The van der Waals surface area contributed by atoms with Gasteiger partial charge < -0.3 is 10.1 Å². The summed E-state index contributed by atoms with van der Waals surface area (Å²) in [5, 5.41) is 7.92. The minimum Gasteiger partial charge on any atom is -0.495 e. The van der Waals surface area contributed by atoms with Gasteiger partial charge in [0.1, 0.15) is 11.4 Å². The van der Waals surface area contributed by atoms with Crippen molar-refractivity contribution in [2.75, 3.05) is 12.4 Å². The molecule has 6 nitrogen and oxygen atoms in total. The normalized spacial score (nSPS) is 10.6. The number of pyridine rings is 1. The fourth-order valence-electron chi connectivity index (χ4n) is 2.91. The van der Waals surface area contributed by atoms with E-state index in [-0.39, 0.29) is 5.91 Å². The molecule has 2 aromatic heterocycles. The van der Waals surface area contributed by atoms with E-state index in [9.17, 15) is 4.79 Å². The second-order valence-corrected chi connectivity index (χ2v) is 6.62. The van der Waals surface area contributed by atoms with E-state index < -0.39 is 0 Å². The lowest BCUT2D eigenvalue weighted by molar-refractivity contribution is 0.102. The number of carbonyl (C=O) groups excluding carboxylic acids is 1. The fourth-order valence-corrected chi connectivity index (χ4v) is 3.17. The van der Waals surface area contributed by atoms with Gasteiger partial charge in [-0.25, -0.2) is 4.68 Å². The van der Waals surface area contributed by atoms with Gasteiger partial charge in [-0.3, -0.25) is 9.78 Å². The summed E-state index contributed by atoms with van der Waals surface area (Å²) in [6, 6.07) is 18.4. The molecule has 0 radical (unpaired) electrons. The Bertz CT molecular complexity index is 1140. The zero-order chi connectivity index (χ0) is 20.2. The number of para-hydroxylation sites is 1. The van der Waals surface area contributed by atoms with E-state index in [0.29, 0.717) is 27.7 Å². The van der Waals surface area contributed by atoms with Crippen LogP contribution < -0.4 is 10.1 Å². The van der Waals surface area contributed by atoms with Crippen molar-refractivity contribution in [3.63, 3.8) is 0 Å². The molecule has 0 bridgehead atoms. The zero-order valence-corrected chi connectivity index (χ0v) is 16.3. The molecule has 0 saturated heterocycles. The van der Waals surface area contributed by atoms with Crippen molar-refractivity contribution in [3.8, 4) is 22.7 Å². The van der Waals surface area contributed by atoms with Crippen molar-refractivity contribution >= 4 is 23.2 Å². The summed E-state index contributed by atoms with van der Waals surface area (Å²) < 4.78 is 6.83. The molecule has 0 spiro atoms. The number of hydrogen-bond donors (Lipinski definition) is 1. The van der Waals surface area contributed by atoms with Crippen LogP contribution in [0.2, 0.25) is 5.02 Å². The number of anilines is 1. The average Bonchev–Trinajstić information content (AvgIpc) is 3.21. The Morgan fingerprint density at radius 3 is 2.62 bits per heavy atom. The molecular formula is C22H17ClN4O2. The Balaban J connectivity index is 1.72. The number of halogens is 1. The average molecular weight is 405 g/mol. The molecule has 2 heterocycles. The molecule has 0 atom stereocenters. The predicted molar refractivity (Wildman–Crippen MR) is 113 cm³/mol. The van der Waals surface area contributed by atoms with Crippen LogP contribution in [0.25, 0.3) is 16.9 Å². The van der Waals surface area contributed by atoms with Crippen LogP contribution in [0, 0.1) is 0 Å². The summed E-state index contributed by atoms with van der Waals surface area (Å²) in [4.78, 5) is 17.2. The first-order valence-electron chi connectivity index (χ1n) is 8.86. The quantitative estimate of drug-likeness (QED) is 0.516. The first kappa shape index (κ1) is 18.7. The topological polar surface area (TPSA) is 69.0 Å². The third kappa shape index (κ3) is 3.97. The Kier molecular flexibility index (Phi) is 5.27. The number of nitrogens with zero attached hydrogens (tertiary/aromatic N) is 3. The standard InChI is InChI=1S/C22H17ClN4O2/c1-29-20-10-9-16(12-19(20)23)25-22(28)18-14-27(17-7-3-2-4-8-17)26-21(18)15-6-5-11-24-13-15/h2-14H,1H3,(H,25,28). The number of aromatic nitrogens is 3. The number of rotatable bonds is 5. The molecule has 4 aromatic rings. The summed E-state index contributed by atoms with van der Waals surface area (Å²) in [6.07, 6.45) is 5.06. The van der Waals surface area contributed by atoms with E-state index in [1.165, 1.54) is 7.11 Å². The minimum atomic E-state index is -0.299. The molecule has 2 aromatic carbocycles. The molecule has 1 amide bonds. The first-order chi connectivity index (χ1) is 14.2. The molecule has 4 rings (SSSR count). The highest BCUT2D eigenvalue weighted by Gasteiger charge is 2.19. The third-order valence-electron chi connectivity index (χ3n) is 4.32. The summed E-state index contributed by atoms with van der Waals surface area (Å²) in [5.41, 5.74) is 3.13. The van der Waals surface area contributed by atoms with Crippen molar-refractivity contribution in [2.45, 2.75) is 0 Å². The molecule has 29 heavy (non-hydrogen) atoms. The largest absolute Gasteiger partial charge is 0.495 e. The van der Waals surface area contributed by atoms with Crippen molar-refractivity contribution in [2.24, 2.45) is 0 Å². The van der Waals surface area contributed by atoms with Crippen LogP contribution in [0.3, 0.4) is 0 Å². The molecular weight excluding hydrogens is 388 g/mol. The maximum Gasteiger partial charge on any atom is 0.259 e. The highest BCUT2D eigenvalue weighted by Crippen LogP contribution is 2.28.